The van der Waals surface area contributed by atoms with Gasteiger partial charge >= 0.3 is 0 Å². The molecule has 2 N–H and O–H groups in total. The van der Waals surface area contributed by atoms with Gasteiger partial charge in [-0.15, -0.1) is 0 Å². The van der Waals surface area contributed by atoms with Gasteiger partial charge in [0.2, 0.25) is 5.95 Å². The highest BCUT2D eigenvalue weighted by molar-refractivity contribution is 7.80. The van der Waals surface area contributed by atoms with Crippen molar-refractivity contribution in [2.45, 2.75) is 31.1 Å². The van der Waals surface area contributed by atoms with Crippen LogP contribution in [-0.4, -0.2) is 74.1 Å². The van der Waals surface area contributed by atoms with Gasteiger partial charge in [0.05, 0.1) is 13.2 Å². The van der Waals surface area contributed by atoms with Gasteiger partial charge in [-0.3, -0.25) is 0 Å². The molecule has 1 aromatic heterocycles. The van der Waals surface area contributed by atoms with Crippen LogP contribution in [0.4, 0.5) is 23.3 Å². The third kappa shape index (κ3) is 6.68. The minimum absolute atomic E-state index is 0.0520. The highest BCUT2D eigenvalue weighted by atomic mass is 35.5. The van der Waals surface area contributed by atoms with Crippen LogP contribution in [0.2, 0.25) is 5.02 Å². The number of rotatable bonds is 7. The smallest absolute Gasteiger partial charge is 0.232 e. The predicted octanol–water partition coefficient (Wildman–Crippen LogP) is 5.09. The van der Waals surface area contributed by atoms with Crippen molar-refractivity contribution in [2.24, 2.45) is 0 Å². The summed E-state index contributed by atoms with van der Waals surface area (Å²) >= 11 is 12.0. The average molecular weight is 592 g/mol. The Bertz CT molecular complexity index is 1310. The molecule has 8 nitrogen and oxygen atoms in total. The van der Waals surface area contributed by atoms with E-state index in [-0.39, 0.29) is 5.41 Å². The molecule has 1 saturated carbocycles. The molecule has 0 bridgehead atoms. The number of halogens is 1. The molecule has 0 amide bonds. The van der Waals surface area contributed by atoms with Crippen LogP contribution in [0.5, 0.6) is 0 Å². The minimum atomic E-state index is 0.0520. The molecule has 3 aliphatic rings. The van der Waals surface area contributed by atoms with E-state index >= 15 is 0 Å². The molecule has 3 fully saturated rings. The van der Waals surface area contributed by atoms with Gasteiger partial charge in [-0.05, 0) is 54.9 Å². The lowest BCUT2D eigenvalue weighted by atomic mass is 9.79. The summed E-state index contributed by atoms with van der Waals surface area (Å²) in [4.78, 5) is 16.9. The normalized spacial score (nSPS) is 18.8. The van der Waals surface area contributed by atoms with Crippen LogP contribution in [0.1, 0.15) is 31.2 Å². The van der Waals surface area contributed by atoms with Crippen molar-refractivity contribution in [3.63, 3.8) is 0 Å². The molecule has 41 heavy (non-hydrogen) atoms. The number of nitrogens with zero attached hydrogens (tertiary/aromatic N) is 5. The summed E-state index contributed by atoms with van der Waals surface area (Å²) in [6, 6.07) is 21.0. The molecule has 2 aliphatic heterocycles. The number of ether oxygens (including phenoxy) is 1. The number of aromatic nitrogens is 2. The number of benzene rings is 2. The van der Waals surface area contributed by atoms with E-state index in [2.05, 4.69) is 73.9 Å². The molecule has 0 atom stereocenters. The fourth-order valence-electron chi connectivity index (χ4n) is 6.24. The number of piperazine rings is 1. The molecule has 2 aromatic carbocycles. The molecular weight excluding hydrogens is 554 g/mol. The number of anilines is 4. The van der Waals surface area contributed by atoms with E-state index in [0.717, 1.165) is 75.3 Å². The fraction of sp³-hybridized carbons (Fsp3) is 0.452. The first-order chi connectivity index (χ1) is 20.1. The zero-order valence-electron chi connectivity index (χ0n) is 23.4. The van der Waals surface area contributed by atoms with E-state index in [0.29, 0.717) is 24.3 Å². The zero-order chi connectivity index (χ0) is 28.1. The zero-order valence-corrected chi connectivity index (χ0v) is 25.0. The maximum Gasteiger partial charge on any atom is 0.232 e. The van der Waals surface area contributed by atoms with E-state index in [9.17, 15) is 0 Å². The lowest BCUT2D eigenvalue weighted by Crippen LogP contribution is -2.47. The molecule has 216 valence electrons. The van der Waals surface area contributed by atoms with E-state index in [4.69, 9.17) is 38.5 Å². The van der Waals surface area contributed by atoms with E-state index < -0.39 is 0 Å². The van der Waals surface area contributed by atoms with Crippen molar-refractivity contribution < 1.29 is 4.74 Å². The summed E-state index contributed by atoms with van der Waals surface area (Å²) in [7, 11) is 0. The van der Waals surface area contributed by atoms with Crippen LogP contribution in [-0.2, 0) is 10.2 Å². The summed E-state index contributed by atoms with van der Waals surface area (Å²) in [6.45, 7) is 7.44. The Morgan fingerprint density at radius 2 is 1.44 bits per heavy atom. The van der Waals surface area contributed by atoms with Crippen LogP contribution in [0.3, 0.4) is 0 Å². The number of thiocarbonyl (C=S) groups is 1. The van der Waals surface area contributed by atoms with Gasteiger partial charge in [0.1, 0.15) is 11.6 Å². The fourth-order valence-corrected chi connectivity index (χ4v) is 6.53. The molecule has 3 heterocycles. The second kappa shape index (κ2) is 12.8. The lowest BCUT2D eigenvalue weighted by molar-refractivity contribution is 0.122. The molecule has 10 heteroatoms. The topological polar surface area (TPSA) is 68.8 Å². The van der Waals surface area contributed by atoms with Crippen molar-refractivity contribution in [3.05, 3.63) is 71.2 Å². The summed E-state index contributed by atoms with van der Waals surface area (Å²) in [5, 5.41) is 8.13. The minimum Gasteiger partial charge on any atom is -0.378 e. The standard InChI is InChI=1S/C31H38ClN7OS/c32-25-10-8-24(9-11-25)31(12-4-5-13-31)23-33-30(41)36-29-34-27(22-28(35-29)39-18-20-40-21-19-39)38-16-14-37(15-17-38)26-6-2-1-3-7-26/h1-3,6-11,22H,4-5,12-21,23H2,(H2,33,34,35,36,41). The molecule has 3 aromatic rings. The predicted molar refractivity (Wildman–Crippen MR) is 172 cm³/mol. The molecule has 6 rings (SSSR count). The maximum atomic E-state index is 6.18. The second-order valence-corrected chi connectivity index (χ2v) is 12.0. The Kier molecular flexibility index (Phi) is 8.74. The second-order valence-electron chi connectivity index (χ2n) is 11.1. The highest BCUT2D eigenvalue weighted by Gasteiger charge is 2.35. The summed E-state index contributed by atoms with van der Waals surface area (Å²) < 4.78 is 5.59. The lowest BCUT2D eigenvalue weighted by Gasteiger charge is -2.37. The quantitative estimate of drug-likeness (QED) is 0.366. The molecule has 0 radical (unpaired) electrons. The van der Waals surface area contributed by atoms with Crippen molar-refractivity contribution in [3.8, 4) is 0 Å². The summed E-state index contributed by atoms with van der Waals surface area (Å²) in [6.07, 6.45) is 4.70. The Morgan fingerprint density at radius 3 is 2.10 bits per heavy atom. The number of nitrogens with one attached hydrogen (secondary N) is 2. The maximum absolute atomic E-state index is 6.18. The van der Waals surface area contributed by atoms with Crippen molar-refractivity contribution in [1.29, 1.82) is 0 Å². The number of hydrogen-bond donors (Lipinski definition) is 2. The first-order valence-corrected chi connectivity index (χ1v) is 15.4. The summed E-state index contributed by atoms with van der Waals surface area (Å²) in [5.41, 5.74) is 2.63. The number of hydrogen-bond acceptors (Lipinski definition) is 7. The van der Waals surface area contributed by atoms with Crippen LogP contribution < -0.4 is 25.3 Å². The van der Waals surface area contributed by atoms with Gasteiger partial charge in [0.25, 0.3) is 0 Å². The molecule has 1 aliphatic carbocycles. The largest absolute Gasteiger partial charge is 0.378 e. The third-order valence-electron chi connectivity index (χ3n) is 8.59. The summed E-state index contributed by atoms with van der Waals surface area (Å²) in [5.74, 6) is 2.36. The SMILES string of the molecule is S=C(NCC1(c2ccc(Cl)cc2)CCCC1)Nc1nc(N2CCOCC2)cc(N2CCN(c3ccccc3)CC2)n1. The van der Waals surface area contributed by atoms with E-state index in [1.54, 1.807) is 0 Å². The van der Waals surface area contributed by atoms with Gasteiger partial charge in [-0.1, -0.05) is 54.8 Å². The first kappa shape index (κ1) is 28.0. The molecule has 2 saturated heterocycles. The monoisotopic (exact) mass is 591 g/mol. The molecule has 0 unspecified atom stereocenters. The van der Waals surface area contributed by atoms with Gasteiger partial charge in [-0.2, -0.15) is 9.97 Å². The Balaban J connectivity index is 1.16. The van der Waals surface area contributed by atoms with Crippen LogP contribution >= 0.6 is 23.8 Å². The Hall–Kier alpha value is -3.14. The molecule has 0 spiro atoms. The Labute approximate surface area is 253 Å². The van der Waals surface area contributed by atoms with Gasteiger partial charge in [0.15, 0.2) is 5.11 Å². The van der Waals surface area contributed by atoms with Crippen LogP contribution in [0, 0.1) is 0 Å². The molecular formula is C31H38ClN7OS. The first-order valence-electron chi connectivity index (χ1n) is 14.7. The van der Waals surface area contributed by atoms with Gasteiger partial charge in [0, 0.05) is 68.0 Å². The van der Waals surface area contributed by atoms with Crippen molar-refractivity contribution in [1.82, 2.24) is 15.3 Å². The number of morpholine rings is 1. The van der Waals surface area contributed by atoms with Crippen molar-refractivity contribution in [2.75, 3.05) is 79.0 Å². The van der Waals surface area contributed by atoms with Gasteiger partial charge in [-0.25, -0.2) is 0 Å². The van der Waals surface area contributed by atoms with Crippen LogP contribution in [0.15, 0.2) is 60.7 Å². The van der Waals surface area contributed by atoms with Gasteiger partial charge < -0.3 is 30.1 Å². The van der Waals surface area contributed by atoms with E-state index in [1.165, 1.54) is 24.1 Å². The highest BCUT2D eigenvalue weighted by Crippen LogP contribution is 2.41. The number of para-hydroxylation sites is 1. The third-order valence-corrected chi connectivity index (χ3v) is 9.09. The van der Waals surface area contributed by atoms with Crippen LogP contribution in [0.25, 0.3) is 0 Å². The van der Waals surface area contributed by atoms with E-state index in [1.807, 2.05) is 12.1 Å². The van der Waals surface area contributed by atoms with Crippen molar-refractivity contribution >= 4 is 52.2 Å². The Morgan fingerprint density at radius 1 is 0.829 bits per heavy atom. The average Bonchev–Trinajstić information content (AvgIpc) is 3.51.